The highest BCUT2D eigenvalue weighted by molar-refractivity contribution is 6.33. The Morgan fingerprint density at radius 1 is 1.14 bits per heavy atom. The van der Waals surface area contributed by atoms with E-state index in [1.54, 1.807) is 7.11 Å². The minimum atomic E-state index is 0.243. The zero-order valence-electron chi connectivity index (χ0n) is 16.2. The average Bonchev–Trinajstić information content (AvgIpc) is 3.11. The summed E-state index contributed by atoms with van der Waals surface area (Å²) in [6.07, 6.45) is 3.58. The van der Waals surface area contributed by atoms with Crippen LogP contribution in [0, 0.1) is 0 Å². The number of methoxy groups -OCH3 is 1. The number of rotatable bonds is 5. The summed E-state index contributed by atoms with van der Waals surface area (Å²) >= 11 is 6.56. The van der Waals surface area contributed by atoms with E-state index in [1.807, 2.05) is 18.2 Å². The van der Waals surface area contributed by atoms with E-state index in [-0.39, 0.29) is 6.10 Å². The molecule has 0 aromatic carbocycles. The summed E-state index contributed by atoms with van der Waals surface area (Å²) in [4.78, 5) is 19.2. The SMILES string of the molecule is COc1nc(N2CCNCC2)ccc1-c1nc2nc(OC3CCC3)[nH]c2cc1Cl. The average molecular weight is 415 g/mol. The molecule has 9 heteroatoms. The fourth-order valence-electron chi connectivity index (χ4n) is 3.62. The molecule has 0 radical (unpaired) electrons. The molecule has 3 aromatic rings. The predicted octanol–water partition coefficient (Wildman–Crippen LogP) is 3.02. The lowest BCUT2D eigenvalue weighted by molar-refractivity contribution is 0.110. The van der Waals surface area contributed by atoms with E-state index in [2.05, 4.69) is 25.2 Å². The molecule has 3 aromatic heterocycles. The summed E-state index contributed by atoms with van der Waals surface area (Å²) in [5.74, 6) is 1.39. The van der Waals surface area contributed by atoms with Gasteiger partial charge in [0.1, 0.15) is 11.9 Å². The Morgan fingerprint density at radius 2 is 1.97 bits per heavy atom. The van der Waals surface area contributed by atoms with Gasteiger partial charge < -0.3 is 24.7 Å². The number of halogens is 1. The minimum absolute atomic E-state index is 0.243. The molecule has 1 saturated heterocycles. The fourth-order valence-corrected chi connectivity index (χ4v) is 3.88. The van der Waals surface area contributed by atoms with Crippen LogP contribution >= 0.6 is 11.6 Å². The molecule has 0 unspecified atom stereocenters. The van der Waals surface area contributed by atoms with Gasteiger partial charge in [0.05, 0.1) is 28.9 Å². The minimum Gasteiger partial charge on any atom is -0.480 e. The molecule has 2 aliphatic rings. The van der Waals surface area contributed by atoms with Gasteiger partial charge in [-0.3, -0.25) is 0 Å². The van der Waals surface area contributed by atoms with Crippen molar-refractivity contribution in [2.45, 2.75) is 25.4 Å². The van der Waals surface area contributed by atoms with Crippen LogP contribution in [-0.2, 0) is 0 Å². The monoisotopic (exact) mass is 414 g/mol. The molecule has 5 rings (SSSR count). The third-order valence-corrected chi connectivity index (χ3v) is 5.76. The quantitative estimate of drug-likeness (QED) is 0.663. The maximum atomic E-state index is 6.56. The Morgan fingerprint density at radius 3 is 2.69 bits per heavy atom. The maximum Gasteiger partial charge on any atom is 0.296 e. The van der Waals surface area contributed by atoms with Crippen molar-refractivity contribution >= 4 is 28.6 Å². The Labute approximate surface area is 173 Å². The van der Waals surface area contributed by atoms with Gasteiger partial charge >= 0.3 is 0 Å². The van der Waals surface area contributed by atoms with Crippen molar-refractivity contribution in [3.63, 3.8) is 0 Å². The van der Waals surface area contributed by atoms with Crippen LogP contribution in [0.1, 0.15) is 19.3 Å². The Kier molecular flexibility index (Phi) is 4.89. The van der Waals surface area contributed by atoms with Gasteiger partial charge in [0.25, 0.3) is 6.01 Å². The number of hydrogen-bond acceptors (Lipinski definition) is 7. The molecule has 29 heavy (non-hydrogen) atoms. The molecule has 152 valence electrons. The standard InChI is InChI=1S/C20H23ClN6O2/c1-28-19-13(5-6-16(24-19)27-9-7-22-8-10-27)17-14(21)11-15-18(25-17)26-20(23-15)29-12-3-2-4-12/h5-6,11-12,22H,2-4,7-10H2,1H3,(H,23,25,26). The highest BCUT2D eigenvalue weighted by Gasteiger charge is 2.22. The van der Waals surface area contributed by atoms with Crippen LogP contribution < -0.4 is 19.7 Å². The number of imidazole rings is 1. The van der Waals surface area contributed by atoms with E-state index < -0.39 is 0 Å². The number of nitrogens with one attached hydrogen (secondary N) is 2. The maximum absolute atomic E-state index is 6.56. The molecule has 1 saturated carbocycles. The molecule has 8 nitrogen and oxygen atoms in total. The lowest BCUT2D eigenvalue weighted by Gasteiger charge is -2.28. The zero-order chi connectivity index (χ0) is 19.8. The van der Waals surface area contributed by atoms with Gasteiger partial charge in [-0.2, -0.15) is 9.97 Å². The second kappa shape index (κ2) is 7.68. The van der Waals surface area contributed by atoms with E-state index in [0.717, 1.165) is 55.9 Å². The number of pyridine rings is 2. The fraction of sp³-hybridized carbons (Fsp3) is 0.450. The first kappa shape index (κ1) is 18.4. The van der Waals surface area contributed by atoms with Crippen molar-refractivity contribution in [2.24, 2.45) is 0 Å². The van der Waals surface area contributed by atoms with E-state index in [0.29, 0.717) is 28.3 Å². The number of ether oxygens (including phenoxy) is 2. The van der Waals surface area contributed by atoms with Crippen LogP contribution in [-0.4, -0.2) is 59.3 Å². The van der Waals surface area contributed by atoms with E-state index in [1.165, 1.54) is 6.42 Å². The predicted molar refractivity (Wildman–Crippen MR) is 112 cm³/mol. The molecule has 2 N–H and O–H groups in total. The van der Waals surface area contributed by atoms with Crippen molar-refractivity contribution in [1.82, 2.24) is 25.3 Å². The van der Waals surface area contributed by atoms with Crippen LogP contribution in [0.15, 0.2) is 18.2 Å². The van der Waals surface area contributed by atoms with Gasteiger partial charge in [-0.15, -0.1) is 0 Å². The topological polar surface area (TPSA) is 88.2 Å². The molecule has 0 bridgehead atoms. The Balaban J connectivity index is 1.49. The third-order valence-electron chi connectivity index (χ3n) is 5.47. The molecule has 2 fully saturated rings. The molecular weight excluding hydrogens is 392 g/mol. The van der Waals surface area contributed by atoms with Gasteiger partial charge in [0.15, 0.2) is 5.65 Å². The molecular formula is C20H23ClN6O2. The Hall–Kier alpha value is -2.58. The van der Waals surface area contributed by atoms with Crippen LogP contribution in [0.3, 0.4) is 0 Å². The number of aromatic amines is 1. The van der Waals surface area contributed by atoms with Crippen molar-refractivity contribution in [3.8, 4) is 23.1 Å². The number of fused-ring (bicyclic) bond motifs is 1. The van der Waals surface area contributed by atoms with Gasteiger partial charge in [-0.1, -0.05) is 11.6 Å². The van der Waals surface area contributed by atoms with Crippen molar-refractivity contribution in [3.05, 3.63) is 23.2 Å². The van der Waals surface area contributed by atoms with Crippen LogP contribution in [0.5, 0.6) is 11.9 Å². The summed E-state index contributed by atoms with van der Waals surface area (Å²) in [7, 11) is 1.61. The van der Waals surface area contributed by atoms with Gasteiger partial charge in [-0.05, 0) is 37.5 Å². The summed E-state index contributed by atoms with van der Waals surface area (Å²) in [6.45, 7) is 3.72. The summed E-state index contributed by atoms with van der Waals surface area (Å²) < 4.78 is 11.4. The Bertz CT molecular complexity index is 1030. The molecule has 0 amide bonds. The number of aromatic nitrogens is 4. The smallest absolute Gasteiger partial charge is 0.296 e. The van der Waals surface area contributed by atoms with Crippen molar-refractivity contribution in [2.75, 3.05) is 38.2 Å². The molecule has 1 aliphatic carbocycles. The third kappa shape index (κ3) is 3.58. The van der Waals surface area contributed by atoms with E-state index >= 15 is 0 Å². The highest BCUT2D eigenvalue weighted by atomic mass is 35.5. The van der Waals surface area contributed by atoms with Gasteiger partial charge in [0, 0.05) is 26.2 Å². The van der Waals surface area contributed by atoms with E-state index in [4.69, 9.17) is 26.1 Å². The lowest BCUT2D eigenvalue weighted by atomic mass is 9.96. The number of H-pyrrole nitrogens is 1. The second-order valence-electron chi connectivity index (χ2n) is 7.37. The highest BCUT2D eigenvalue weighted by Crippen LogP contribution is 2.36. The first-order valence-electron chi connectivity index (χ1n) is 9.95. The normalized spacial score (nSPS) is 17.4. The van der Waals surface area contributed by atoms with Crippen LogP contribution in [0.25, 0.3) is 22.4 Å². The molecule has 0 spiro atoms. The number of nitrogens with zero attached hydrogens (tertiary/aromatic N) is 4. The van der Waals surface area contributed by atoms with Crippen molar-refractivity contribution < 1.29 is 9.47 Å². The summed E-state index contributed by atoms with van der Waals surface area (Å²) in [5.41, 5.74) is 2.64. The zero-order valence-corrected chi connectivity index (χ0v) is 17.0. The van der Waals surface area contributed by atoms with E-state index in [9.17, 15) is 0 Å². The first-order valence-corrected chi connectivity index (χ1v) is 10.3. The summed E-state index contributed by atoms with van der Waals surface area (Å²) in [5, 5.41) is 3.85. The molecule has 4 heterocycles. The summed E-state index contributed by atoms with van der Waals surface area (Å²) in [6, 6.07) is 6.26. The van der Waals surface area contributed by atoms with Crippen LogP contribution in [0.2, 0.25) is 5.02 Å². The second-order valence-corrected chi connectivity index (χ2v) is 7.77. The van der Waals surface area contributed by atoms with Gasteiger partial charge in [0.2, 0.25) is 5.88 Å². The number of hydrogen-bond donors (Lipinski definition) is 2. The lowest BCUT2D eigenvalue weighted by Crippen LogP contribution is -2.43. The van der Waals surface area contributed by atoms with Crippen molar-refractivity contribution in [1.29, 1.82) is 0 Å². The number of anilines is 1. The number of piperazine rings is 1. The molecule has 0 atom stereocenters. The first-order chi connectivity index (χ1) is 14.2. The van der Waals surface area contributed by atoms with Crippen LogP contribution in [0.4, 0.5) is 5.82 Å². The van der Waals surface area contributed by atoms with Gasteiger partial charge in [-0.25, -0.2) is 4.98 Å². The largest absolute Gasteiger partial charge is 0.480 e. The molecule has 1 aliphatic heterocycles.